The Bertz CT molecular complexity index is 768. The van der Waals surface area contributed by atoms with Crippen LogP contribution in [-0.2, 0) is 0 Å². The van der Waals surface area contributed by atoms with Crippen molar-refractivity contribution >= 4 is 28.8 Å². The maximum atomic E-state index is 11.1. The molecule has 92 valence electrons. The summed E-state index contributed by atoms with van der Waals surface area (Å²) in [4.78, 5) is 15.4. The van der Waals surface area contributed by atoms with Crippen molar-refractivity contribution in [1.29, 1.82) is 0 Å². The first kappa shape index (κ1) is 11.9. The Morgan fingerprint density at radius 3 is 2.79 bits per heavy atom. The molecule has 0 aliphatic heterocycles. The van der Waals surface area contributed by atoms with Gasteiger partial charge in [0.1, 0.15) is 0 Å². The highest BCUT2D eigenvalue weighted by atomic mass is 35.5. The molecule has 0 aliphatic rings. The van der Waals surface area contributed by atoms with E-state index in [4.69, 9.17) is 11.6 Å². The number of fused-ring (bicyclic) bond motifs is 1. The summed E-state index contributed by atoms with van der Waals surface area (Å²) < 4.78 is 0. The fourth-order valence-corrected chi connectivity index (χ4v) is 2.30. The average Bonchev–Trinajstić information content (AvgIpc) is 2.46. The summed E-state index contributed by atoms with van der Waals surface area (Å²) >= 11 is 6.01. The number of aldehydes is 1. The van der Waals surface area contributed by atoms with Gasteiger partial charge < -0.3 is 0 Å². The van der Waals surface area contributed by atoms with Crippen LogP contribution in [0.4, 0.5) is 0 Å². The van der Waals surface area contributed by atoms with Crippen molar-refractivity contribution < 1.29 is 4.79 Å². The van der Waals surface area contributed by atoms with Crippen LogP contribution in [0.15, 0.2) is 54.7 Å². The minimum atomic E-state index is 0.617. The Balaban J connectivity index is 2.24. The Hall–Kier alpha value is -2.19. The van der Waals surface area contributed by atoms with Crippen LogP contribution in [0.2, 0.25) is 5.02 Å². The van der Waals surface area contributed by atoms with Gasteiger partial charge in [-0.05, 0) is 47.5 Å². The van der Waals surface area contributed by atoms with Crippen molar-refractivity contribution in [2.75, 3.05) is 0 Å². The molecule has 1 heterocycles. The van der Waals surface area contributed by atoms with Gasteiger partial charge in [-0.2, -0.15) is 0 Å². The number of aromatic nitrogens is 1. The fourth-order valence-electron chi connectivity index (χ4n) is 2.12. The van der Waals surface area contributed by atoms with Gasteiger partial charge in [0.15, 0.2) is 6.29 Å². The molecular weight excluding hydrogens is 258 g/mol. The summed E-state index contributed by atoms with van der Waals surface area (Å²) in [5, 5.41) is 1.66. The maximum Gasteiger partial charge on any atom is 0.150 e. The molecule has 19 heavy (non-hydrogen) atoms. The van der Waals surface area contributed by atoms with E-state index in [2.05, 4.69) is 4.98 Å². The third-order valence-corrected chi connectivity index (χ3v) is 3.29. The molecule has 0 radical (unpaired) electrons. The summed E-state index contributed by atoms with van der Waals surface area (Å²) in [7, 11) is 0. The van der Waals surface area contributed by atoms with Crippen molar-refractivity contribution in [3.8, 4) is 11.1 Å². The van der Waals surface area contributed by atoms with Crippen LogP contribution in [0.25, 0.3) is 22.0 Å². The summed E-state index contributed by atoms with van der Waals surface area (Å²) in [6.07, 6.45) is 2.61. The molecule has 1 aromatic heterocycles. The standard InChI is InChI=1S/C16H10ClNO/c17-14-5-3-13(10-19)15(9-14)11-4-6-16-12(8-11)2-1-7-18-16/h1-10H. The molecule has 0 fully saturated rings. The molecule has 2 nitrogen and oxygen atoms in total. The highest BCUT2D eigenvalue weighted by Gasteiger charge is 2.06. The molecule has 0 N–H and O–H groups in total. The maximum absolute atomic E-state index is 11.1. The lowest BCUT2D eigenvalue weighted by atomic mass is 9.99. The highest BCUT2D eigenvalue weighted by Crippen LogP contribution is 2.28. The second-order valence-corrected chi connectivity index (χ2v) is 4.70. The van der Waals surface area contributed by atoms with E-state index in [-0.39, 0.29) is 0 Å². The lowest BCUT2D eigenvalue weighted by Gasteiger charge is -2.07. The minimum Gasteiger partial charge on any atom is -0.298 e. The highest BCUT2D eigenvalue weighted by molar-refractivity contribution is 6.31. The minimum absolute atomic E-state index is 0.617. The van der Waals surface area contributed by atoms with Gasteiger partial charge in [0, 0.05) is 22.2 Å². The van der Waals surface area contributed by atoms with Crippen LogP contribution >= 0.6 is 11.6 Å². The summed E-state index contributed by atoms with van der Waals surface area (Å²) in [6, 6.07) is 15.1. The van der Waals surface area contributed by atoms with Crippen LogP contribution in [0.5, 0.6) is 0 Å². The molecular formula is C16H10ClNO. The average molecular weight is 268 g/mol. The second-order valence-electron chi connectivity index (χ2n) is 4.26. The predicted octanol–water partition coefficient (Wildman–Crippen LogP) is 4.37. The molecule has 0 amide bonds. The monoisotopic (exact) mass is 267 g/mol. The lowest BCUT2D eigenvalue weighted by molar-refractivity contribution is 0.112. The first-order valence-corrected chi connectivity index (χ1v) is 6.25. The SMILES string of the molecule is O=Cc1ccc(Cl)cc1-c1ccc2ncccc2c1. The van der Waals surface area contributed by atoms with Crippen molar-refractivity contribution in [3.05, 3.63) is 65.3 Å². The van der Waals surface area contributed by atoms with E-state index < -0.39 is 0 Å². The predicted molar refractivity (Wildman–Crippen MR) is 77.6 cm³/mol. The number of hydrogen-bond donors (Lipinski definition) is 0. The molecule has 2 aromatic carbocycles. The van der Waals surface area contributed by atoms with Crippen molar-refractivity contribution in [2.45, 2.75) is 0 Å². The van der Waals surface area contributed by atoms with Gasteiger partial charge in [0.25, 0.3) is 0 Å². The Labute approximate surface area is 115 Å². The number of hydrogen-bond acceptors (Lipinski definition) is 2. The number of nitrogens with zero attached hydrogens (tertiary/aromatic N) is 1. The van der Waals surface area contributed by atoms with Crippen LogP contribution < -0.4 is 0 Å². The molecule has 0 saturated carbocycles. The number of benzene rings is 2. The van der Waals surface area contributed by atoms with Crippen LogP contribution in [0.3, 0.4) is 0 Å². The molecule has 3 aromatic rings. The van der Waals surface area contributed by atoms with E-state index in [1.165, 1.54) is 0 Å². The first-order valence-electron chi connectivity index (χ1n) is 5.88. The van der Waals surface area contributed by atoms with E-state index in [0.29, 0.717) is 10.6 Å². The summed E-state index contributed by atoms with van der Waals surface area (Å²) in [5.41, 5.74) is 3.37. The molecule has 0 unspecified atom stereocenters. The van der Waals surface area contributed by atoms with Crippen molar-refractivity contribution in [3.63, 3.8) is 0 Å². The smallest absolute Gasteiger partial charge is 0.150 e. The van der Waals surface area contributed by atoms with Gasteiger partial charge in [-0.1, -0.05) is 23.7 Å². The zero-order valence-corrected chi connectivity index (χ0v) is 10.8. The summed E-state index contributed by atoms with van der Waals surface area (Å²) in [6.45, 7) is 0. The van der Waals surface area contributed by atoms with E-state index in [1.807, 2.05) is 36.4 Å². The number of carbonyl (C=O) groups excluding carboxylic acids is 1. The van der Waals surface area contributed by atoms with Crippen LogP contribution in [0.1, 0.15) is 10.4 Å². The van der Waals surface area contributed by atoms with Gasteiger partial charge in [0.05, 0.1) is 5.52 Å². The molecule has 0 aliphatic carbocycles. The quantitative estimate of drug-likeness (QED) is 0.646. The van der Waals surface area contributed by atoms with Gasteiger partial charge in [-0.25, -0.2) is 0 Å². The van der Waals surface area contributed by atoms with Gasteiger partial charge in [0.2, 0.25) is 0 Å². The fraction of sp³-hybridized carbons (Fsp3) is 0. The van der Waals surface area contributed by atoms with E-state index in [0.717, 1.165) is 28.3 Å². The zero-order chi connectivity index (χ0) is 13.2. The Kier molecular flexibility index (Phi) is 3.02. The number of pyridine rings is 1. The van der Waals surface area contributed by atoms with Crippen LogP contribution in [-0.4, -0.2) is 11.3 Å². The third-order valence-electron chi connectivity index (χ3n) is 3.06. The number of rotatable bonds is 2. The normalized spacial score (nSPS) is 10.6. The zero-order valence-electron chi connectivity index (χ0n) is 10.0. The molecule has 0 bridgehead atoms. The van der Waals surface area contributed by atoms with Crippen molar-refractivity contribution in [1.82, 2.24) is 4.98 Å². The topological polar surface area (TPSA) is 30.0 Å². The molecule has 3 rings (SSSR count). The molecule has 0 saturated heterocycles. The molecule has 0 spiro atoms. The van der Waals surface area contributed by atoms with E-state index in [1.54, 1.807) is 18.3 Å². The van der Waals surface area contributed by atoms with Gasteiger partial charge in [-0.15, -0.1) is 0 Å². The number of halogens is 1. The Morgan fingerprint density at radius 1 is 1.05 bits per heavy atom. The third kappa shape index (κ3) is 2.23. The van der Waals surface area contributed by atoms with Crippen molar-refractivity contribution in [2.24, 2.45) is 0 Å². The molecule has 3 heteroatoms. The lowest BCUT2D eigenvalue weighted by Crippen LogP contribution is -1.88. The van der Waals surface area contributed by atoms with Crippen LogP contribution in [0, 0.1) is 0 Å². The first-order chi connectivity index (χ1) is 9.28. The largest absolute Gasteiger partial charge is 0.298 e. The van der Waals surface area contributed by atoms with Gasteiger partial charge >= 0.3 is 0 Å². The number of carbonyl (C=O) groups is 1. The second kappa shape index (κ2) is 4.82. The Morgan fingerprint density at radius 2 is 1.95 bits per heavy atom. The summed E-state index contributed by atoms with van der Waals surface area (Å²) in [5.74, 6) is 0. The van der Waals surface area contributed by atoms with E-state index >= 15 is 0 Å². The molecule has 0 atom stereocenters. The van der Waals surface area contributed by atoms with Gasteiger partial charge in [-0.3, -0.25) is 9.78 Å². The van der Waals surface area contributed by atoms with E-state index in [9.17, 15) is 4.79 Å².